The van der Waals surface area contributed by atoms with Crippen molar-refractivity contribution in [2.45, 2.75) is 50.6 Å². The van der Waals surface area contributed by atoms with Crippen LogP contribution in [0.25, 0.3) is 0 Å². The number of hydrogen-bond donors (Lipinski definition) is 2. The SMILES string of the molecule is CCC(CO)(CCCSCCS(C)(=O)=O)NC1CC1. The molecule has 0 aromatic heterocycles. The van der Waals surface area contributed by atoms with Gasteiger partial charge in [0.05, 0.1) is 12.4 Å². The Labute approximate surface area is 121 Å². The lowest BCUT2D eigenvalue weighted by molar-refractivity contribution is 0.144. The summed E-state index contributed by atoms with van der Waals surface area (Å²) in [6.45, 7) is 2.30. The van der Waals surface area contributed by atoms with Crippen LogP contribution in [-0.4, -0.2) is 55.2 Å². The molecule has 0 bridgehead atoms. The van der Waals surface area contributed by atoms with Crippen LogP contribution in [0.2, 0.25) is 0 Å². The van der Waals surface area contributed by atoms with Crippen molar-refractivity contribution in [3.8, 4) is 0 Å². The van der Waals surface area contributed by atoms with Crippen molar-refractivity contribution < 1.29 is 13.5 Å². The van der Waals surface area contributed by atoms with E-state index in [1.807, 2.05) is 0 Å². The molecule has 1 rings (SSSR count). The van der Waals surface area contributed by atoms with Gasteiger partial charge in [-0.2, -0.15) is 11.8 Å². The van der Waals surface area contributed by atoms with Crippen LogP contribution >= 0.6 is 11.8 Å². The Morgan fingerprint density at radius 2 is 2.05 bits per heavy atom. The average molecular weight is 309 g/mol. The van der Waals surface area contributed by atoms with Crippen LogP contribution in [0.15, 0.2) is 0 Å². The Hall–Kier alpha value is 0.220. The van der Waals surface area contributed by atoms with Gasteiger partial charge >= 0.3 is 0 Å². The molecule has 0 radical (unpaired) electrons. The molecule has 0 aromatic carbocycles. The van der Waals surface area contributed by atoms with Crippen molar-refractivity contribution in [3.05, 3.63) is 0 Å². The summed E-state index contributed by atoms with van der Waals surface area (Å²) in [7, 11) is -2.83. The van der Waals surface area contributed by atoms with E-state index in [0.717, 1.165) is 25.0 Å². The summed E-state index contributed by atoms with van der Waals surface area (Å²) in [4.78, 5) is 0. The first-order chi connectivity index (χ1) is 8.91. The van der Waals surface area contributed by atoms with E-state index in [1.165, 1.54) is 19.1 Å². The molecule has 1 atom stereocenters. The molecule has 1 fully saturated rings. The highest BCUT2D eigenvalue weighted by atomic mass is 32.2. The highest BCUT2D eigenvalue weighted by molar-refractivity contribution is 8.00. The van der Waals surface area contributed by atoms with E-state index in [0.29, 0.717) is 11.8 Å². The molecule has 114 valence electrons. The molecule has 0 aliphatic heterocycles. The Balaban J connectivity index is 2.17. The summed E-state index contributed by atoms with van der Waals surface area (Å²) in [5, 5.41) is 13.2. The third kappa shape index (κ3) is 7.54. The minimum Gasteiger partial charge on any atom is -0.394 e. The maximum absolute atomic E-state index is 11.0. The second-order valence-electron chi connectivity index (χ2n) is 5.56. The molecule has 0 saturated heterocycles. The lowest BCUT2D eigenvalue weighted by atomic mass is 9.91. The van der Waals surface area contributed by atoms with Crippen molar-refractivity contribution in [1.29, 1.82) is 0 Å². The molecule has 4 nitrogen and oxygen atoms in total. The molecule has 0 amide bonds. The van der Waals surface area contributed by atoms with Gasteiger partial charge in [0.2, 0.25) is 0 Å². The fourth-order valence-corrected chi connectivity index (χ4v) is 4.31. The second-order valence-corrected chi connectivity index (χ2v) is 9.04. The standard InChI is InChI=1S/C13H27NO3S2/c1-3-13(11-15,14-12-5-6-12)7-4-8-18-9-10-19(2,16)17/h12,14-15H,3-11H2,1-2H3. The van der Waals surface area contributed by atoms with E-state index >= 15 is 0 Å². The number of aliphatic hydroxyl groups is 1. The van der Waals surface area contributed by atoms with E-state index in [1.54, 1.807) is 11.8 Å². The lowest BCUT2D eigenvalue weighted by Gasteiger charge is -2.32. The predicted molar refractivity (Wildman–Crippen MR) is 82.5 cm³/mol. The molecular weight excluding hydrogens is 282 g/mol. The maximum atomic E-state index is 11.0. The van der Waals surface area contributed by atoms with E-state index in [2.05, 4.69) is 12.2 Å². The van der Waals surface area contributed by atoms with Crippen molar-refractivity contribution in [3.63, 3.8) is 0 Å². The maximum Gasteiger partial charge on any atom is 0.148 e. The summed E-state index contributed by atoms with van der Waals surface area (Å²) in [5.74, 6) is 1.90. The highest BCUT2D eigenvalue weighted by Crippen LogP contribution is 2.27. The van der Waals surface area contributed by atoms with E-state index in [4.69, 9.17) is 0 Å². The first kappa shape index (κ1) is 17.3. The second kappa shape index (κ2) is 7.86. The summed E-state index contributed by atoms with van der Waals surface area (Å²) in [6.07, 6.45) is 6.65. The number of sulfone groups is 1. The normalized spacial score (nSPS) is 19.3. The number of thioether (sulfide) groups is 1. The molecule has 1 aliphatic rings. The molecule has 1 saturated carbocycles. The number of aliphatic hydroxyl groups excluding tert-OH is 1. The quantitative estimate of drug-likeness (QED) is 0.565. The van der Waals surface area contributed by atoms with Crippen molar-refractivity contribution in [1.82, 2.24) is 5.32 Å². The third-order valence-corrected chi connectivity index (χ3v) is 5.88. The Morgan fingerprint density at radius 1 is 1.37 bits per heavy atom. The van der Waals surface area contributed by atoms with Crippen LogP contribution in [0.4, 0.5) is 0 Å². The van der Waals surface area contributed by atoms with Crippen LogP contribution in [0.5, 0.6) is 0 Å². The van der Waals surface area contributed by atoms with Crippen molar-refractivity contribution in [2.24, 2.45) is 0 Å². The Kier molecular flexibility index (Phi) is 7.14. The van der Waals surface area contributed by atoms with Crippen LogP contribution in [-0.2, 0) is 9.84 Å². The molecule has 19 heavy (non-hydrogen) atoms. The first-order valence-electron chi connectivity index (χ1n) is 7.05. The van der Waals surface area contributed by atoms with E-state index in [9.17, 15) is 13.5 Å². The molecule has 0 aromatic rings. The molecule has 0 heterocycles. The van der Waals surface area contributed by atoms with Gasteiger partial charge < -0.3 is 10.4 Å². The minimum absolute atomic E-state index is 0.126. The molecule has 1 aliphatic carbocycles. The summed E-state index contributed by atoms with van der Waals surface area (Å²) in [6, 6.07) is 0.602. The van der Waals surface area contributed by atoms with Crippen molar-refractivity contribution in [2.75, 3.05) is 30.1 Å². The van der Waals surface area contributed by atoms with Gasteiger partial charge in [0.1, 0.15) is 9.84 Å². The zero-order valence-corrected chi connectivity index (χ0v) is 13.7. The topological polar surface area (TPSA) is 66.4 Å². The monoisotopic (exact) mass is 309 g/mol. The number of hydrogen-bond acceptors (Lipinski definition) is 5. The molecule has 0 spiro atoms. The summed E-state index contributed by atoms with van der Waals surface area (Å²) in [5.41, 5.74) is -0.126. The summed E-state index contributed by atoms with van der Waals surface area (Å²) >= 11 is 1.69. The van der Waals surface area contributed by atoms with Gasteiger partial charge in [-0.25, -0.2) is 8.42 Å². The number of nitrogens with one attached hydrogen (secondary N) is 1. The van der Waals surface area contributed by atoms with Gasteiger partial charge in [-0.05, 0) is 37.9 Å². The molecule has 6 heteroatoms. The van der Waals surface area contributed by atoms with Crippen LogP contribution in [0.1, 0.15) is 39.0 Å². The Morgan fingerprint density at radius 3 is 2.53 bits per heavy atom. The van der Waals surface area contributed by atoms with Gasteiger partial charge in [0.15, 0.2) is 0 Å². The molecular formula is C13H27NO3S2. The molecule has 2 N–H and O–H groups in total. The van der Waals surface area contributed by atoms with Gasteiger partial charge in [-0.15, -0.1) is 0 Å². The zero-order valence-electron chi connectivity index (χ0n) is 12.0. The largest absolute Gasteiger partial charge is 0.394 e. The van der Waals surface area contributed by atoms with Gasteiger partial charge in [-0.1, -0.05) is 6.92 Å². The fourth-order valence-electron chi connectivity index (χ4n) is 2.07. The smallest absolute Gasteiger partial charge is 0.148 e. The van der Waals surface area contributed by atoms with Crippen molar-refractivity contribution >= 4 is 21.6 Å². The van der Waals surface area contributed by atoms with E-state index in [-0.39, 0.29) is 17.9 Å². The van der Waals surface area contributed by atoms with Gasteiger partial charge in [-0.3, -0.25) is 0 Å². The van der Waals surface area contributed by atoms with Crippen LogP contribution in [0.3, 0.4) is 0 Å². The lowest BCUT2D eigenvalue weighted by Crippen LogP contribution is -2.49. The third-order valence-electron chi connectivity index (χ3n) is 3.61. The van der Waals surface area contributed by atoms with E-state index < -0.39 is 9.84 Å². The number of rotatable bonds is 11. The average Bonchev–Trinajstić information content (AvgIpc) is 3.14. The van der Waals surface area contributed by atoms with Gasteiger partial charge in [0, 0.05) is 23.6 Å². The highest BCUT2D eigenvalue weighted by Gasteiger charge is 2.33. The fraction of sp³-hybridized carbons (Fsp3) is 1.00. The summed E-state index contributed by atoms with van der Waals surface area (Å²) < 4.78 is 22.0. The predicted octanol–water partition coefficient (Wildman–Crippen LogP) is 1.44. The van der Waals surface area contributed by atoms with Gasteiger partial charge in [0.25, 0.3) is 0 Å². The molecule has 1 unspecified atom stereocenters. The minimum atomic E-state index is -2.83. The zero-order chi connectivity index (χ0) is 14.4. The Bertz CT molecular complexity index is 349. The van der Waals surface area contributed by atoms with Crippen LogP contribution in [0, 0.1) is 0 Å². The first-order valence-corrected chi connectivity index (χ1v) is 10.3. The van der Waals surface area contributed by atoms with Crippen LogP contribution < -0.4 is 5.32 Å².